The molecule has 0 spiro atoms. The van der Waals surface area contributed by atoms with Gasteiger partial charge in [0, 0.05) is 27.2 Å². The quantitative estimate of drug-likeness (QED) is 0.638. The summed E-state index contributed by atoms with van der Waals surface area (Å²) in [5, 5.41) is 5.43. The molecule has 0 aliphatic heterocycles. The summed E-state index contributed by atoms with van der Waals surface area (Å²) in [5.41, 5.74) is 2.62. The van der Waals surface area contributed by atoms with Gasteiger partial charge in [0.25, 0.3) is 0 Å². The van der Waals surface area contributed by atoms with Crippen molar-refractivity contribution in [3.05, 3.63) is 64.6 Å². The summed E-state index contributed by atoms with van der Waals surface area (Å²) in [4.78, 5) is 0. The molecule has 0 aliphatic carbocycles. The van der Waals surface area contributed by atoms with Gasteiger partial charge in [0.2, 0.25) is 0 Å². The third kappa shape index (κ3) is 2.65. The van der Waals surface area contributed by atoms with Crippen LogP contribution in [0, 0.1) is 0 Å². The van der Waals surface area contributed by atoms with Gasteiger partial charge in [0.05, 0.1) is 0 Å². The molecule has 0 bridgehead atoms. The zero-order valence-corrected chi connectivity index (χ0v) is 11.3. The molecule has 0 N–H and O–H groups in total. The second-order valence-electron chi connectivity index (χ2n) is 4.09. The molecule has 0 saturated carbocycles. The van der Waals surface area contributed by atoms with E-state index in [0.29, 0.717) is 15.8 Å². The van der Waals surface area contributed by atoms with Gasteiger partial charge in [-0.05, 0) is 36.4 Å². The Morgan fingerprint density at radius 2 is 1.58 bits per heavy atom. The SMILES string of the molecule is Clc1ccc(-c2cc(-c3cccc(Cl)c3)no2)cc1. The summed E-state index contributed by atoms with van der Waals surface area (Å²) in [6.45, 7) is 0. The van der Waals surface area contributed by atoms with E-state index in [0.717, 1.165) is 16.8 Å². The van der Waals surface area contributed by atoms with Crippen molar-refractivity contribution in [1.29, 1.82) is 0 Å². The number of benzene rings is 2. The third-order valence-electron chi connectivity index (χ3n) is 2.76. The number of hydrogen-bond acceptors (Lipinski definition) is 2. The van der Waals surface area contributed by atoms with Gasteiger partial charge in [-0.3, -0.25) is 0 Å². The van der Waals surface area contributed by atoms with Crippen LogP contribution >= 0.6 is 23.2 Å². The fourth-order valence-electron chi connectivity index (χ4n) is 1.81. The molecule has 0 fully saturated rings. The Bertz CT molecular complexity index is 704. The van der Waals surface area contributed by atoms with Crippen LogP contribution in [0.1, 0.15) is 0 Å². The predicted octanol–water partition coefficient (Wildman–Crippen LogP) is 5.32. The summed E-state index contributed by atoms with van der Waals surface area (Å²) in [7, 11) is 0. The summed E-state index contributed by atoms with van der Waals surface area (Å²) in [6, 6.07) is 16.8. The molecule has 0 unspecified atom stereocenters. The lowest BCUT2D eigenvalue weighted by molar-refractivity contribution is 0.435. The highest BCUT2D eigenvalue weighted by Crippen LogP contribution is 2.28. The molecule has 3 aromatic rings. The van der Waals surface area contributed by atoms with Gasteiger partial charge in [-0.1, -0.05) is 40.5 Å². The smallest absolute Gasteiger partial charge is 0.167 e. The highest BCUT2D eigenvalue weighted by molar-refractivity contribution is 6.31. The third-order valence-corrected chi connectivity index (χ3v) is 3.25. The Hall–Kier alpha value is -1.77. The molecule has 0 aliphatic rings. The number of aromatic nitrogens is 1. The van der Waals surface area contributed by atoms with E-state index in [1.165, 1.54) is 0 Å². The lowest BCUT2D eigenvalue weighted by Crippen LogP contribution is -1.75. The number of rotatable bonds is 2. The van der Waals surface area contributed by atoms with Crippen LogP contribution in [0.2, 0.25) is 10.0 Å². The molecule has 2 aromatic carbocycles. The van der Waals surface area contributed by atoms with E-state index in [1.807, 2.05) is 54.6 Å². The maximum absolute atomic E-state index is 5.96. The number of hydrogen-bond donors (Lipinski definition) is 0. The second kappa shape index (κ2) is 5.08. The number of nitrogens with zero attached hydrogens (tertiary/aromatic N) is 1. The molecule has 94 valence electrons. The Kier molecular flexibility index (Phi) is 3.28. The van der Waals surface area contributed by atoms with Gasteiger partial charge in [-0.2, -0.15) is 0 Å². The van der Waals surface area contributed by atoms with Crippen molar-refractivity contribution in [2.45, 2.75) is 0 Å². The van der Waals surface area contributed by atoms with Crippen LogP contribution in [0.4, 0.5) is 0 Å². The first-order chi connectivity index (χ1) is 9.22. The first kappa shape index (κ1) is 12.3. The molecule has 3 rings (SSSR count). The fraction of sp³-hybridized carbons (Fsp3) is 0. The zero-order chi connectivity index (χ0) is 13.2. The molecular weight excluding hydrogens is 281 g/mol. The van der Waals surface area contributed by atoms with E-state index in [1.54, 1.807) is 0 Å². The molecule has 0 radical (unpaired) electrons. The van der Waals surface area contributed by atoms with Crippen LogP contribution in [0.25, 0.3) is 22.6 Å². The maximum Gasteiger partial charge on any atom is 0.167 e. The lowest BCUT2D eigenvalue weighted by atomic mass is 10.1. The highest BCUT2D eigenvalue weighted by atomic mass is 35.5. The Morgan fingerprint density at radius 3 is 2.32 bits per heavy atom. The minimum atomic E-state index is 0.675. The number of halogens is 2. The minimum absolute atomic E-state index is 0.675. The van der Waals surface area contributed by atoms with Crippen LogP contribution in [-0.4, -0.2) is 5.16 Å². The standard InChI is InChI=1S/C15H9Cl2NO/c16-12-6-4-10(5-7-12)15-9-14(18-19-15)11-2-1-3-13(17)8-11/h1-9H. The summed E-state index contributed by atoms with van der Waals surface area (Å²) in [6.07, 6.45) is 0. The van der Waals surface area contributed by atoms with Crippen molar-refractivity contribution in [2.75, 3.05) is 0 Å². The monoisotopic (exact) mass is 289 g/mol. The van der Waals surface area contributed by atoms with Crippen molar-refractivity contribution in [3.8, 4) is 22.6 Å². The minimum Gasteiger partial charge on any atom is -0.356 e. The van der Waals surface area contributed by atoms with Crippen LogP contribution in [0.15, 0.2) is 59.1 Å². The highest BCUT2D eigenvalue weighted by Gasteiger charge is 2.08. The van der Waals surface area contributed by atoms with Crippen LogP contribution in [0.3, 0.4) is 0 Å². The van der Waals surface area contributed by atoms with E-state index in [9.17, 15) is 0 Å². The molecule has 2 nitrogen and oxygen atoms in total. The summed E-state index contributed by atoms with van der Waals surface area (Å²) < 4.78 is 5.35. The van der Waals surface area contributed by atoms with E-state index in [4.69, 9.17) is 27.7 Å². The molecule has 0 amide bonds. The first-order valence-electron chi connectivity index (χ1n) is 5.71. The normalized spacial score (nSPS) is 10.6. The van der Waals surface area contributed by atoms with Crippen molar-refractivity contribution in [3.63, 3.8) is 0 Å². The van der Waals surface area contributed by atoms with E-state index in [2.05, 4.69) is 5.16 Å². The molecule has 0 atom stereocenters. The second-order valence-corrected chi connectivity index (χ2v) is 4.97. The molecule has 1 aromatic heterocycles. The maximum atomic E-state index is 5.96. The van der Waals surface area contributed by atoms with Crippen molar-refractivity contribution < 1.29 is 4.52 Å². The molecule has 1 heterocycles. The van der Waals surface area contributed by atoms with Crippen LogP contribution in [-0.2, 0) is 0 Å². The molecule has 0 saturated heterocycles. The van der Waals surface area contributed by atoms with E-state index >= 15 is 0 Å². The zero-order valence-electron chi connectivity index (χ0n) is 9.81. The average molecular weight is 290 g/mol. The molecule has 19 heavy (non-hydrogen) atoms. The Morgan fingerprint density at radius 1 is 0.789 bits per heavy atom. The van der Waals surface area contributed by atoms with Gasteiger partial charge in [-0.15, -0.1) is 0 Å². The van der Waals surface area contributed by atoms with Gasteiger partial charge >= 0.3 is 0 Å². The van der Waals surface area contributed by atoms with Gasteiger partial charge in [-0.25, -0.2) is 0 Å². The van der Waals surface area contributed by atoms with Gasteiger partial charge < -0.3 is 4.52 Å². The van der Waals surface area contributed by atoms with Crippen LogP contribution < -0.4 is 0 Å². The average Bonchev–Trinajstić information content (AvgIpc) is 2.89. The predicted molar refractivity (Wildman–Crippen MR) is 77.4 cm³/mol. The summed E-state index contributed by atoms with van der Waals surface area (Å²) >= 11 is 11.8. The van der Waals surface area contributed by atoms with Gasteiger partial charge in [0.1, 0.15) is 5.69 Å². The Labute approximate surface area is 120 Å². The lowest BCUT2D eigenvalue weighted by Gasteiger charge is -1.95. The Balaban J connectivity index is 1.97. The van der Waals surface area contributed by atoms with E-state index in [-0.39, 0.29) is 0 Å². The van der Waals surface area contributed by atoms with E-state index < -0.39 is 0 Å². The van der Waals surface area contributed by atoms with Crippen molar-refractivity contribution >= 4 is 23.2 Å². The topological polar surface area (TPSA) is 26.0 Å². The van der Waals surface area contributed by atoms with Crippen molar-refractivity contribution in [2.24, 2.45) is 0 Å². The first-order valence-corrected chi connectivity index (χ1v) is 6.46. The van der Waals surface area contributed by atoms with Crippen molar-refractivity contribution in [1.82, 2.24) is 5.16 Å². The molecular formula is C15H9Cl2NO. The van der Waals surface area contributed by atoms with Gasteiger partial charge in [0.15, 0.2) is 5.76 Å². The largest absolute Gasteiger partial charge is 0.356 e. The fourth-order valence-corrected chi connectivity index (χ4v) is 2.13. The van der Waals surface area contributed by atoms with Crippen LogP contribution in [0.5, 0.6) is 0 Å². The molecule has 4 heteroatoms. The summed E-state index contributed by atoms with van der Waals surface area (Å²) in [5.74, 6) is 0.701.